The molecule has 1 aromatic carbocycles. The van der Waals surface area contributed by atoms with Crippen molar-refractivity contribution in [3.63, 3.8) is 0 Å². The standard InChI is InChI=1S/C14H15ClO3/c15-12-3-1-2-11(8-12)13(16)9-4-6-10(7-5-9)14(17)18/h1-3,8-10H,4-7H2,(H,17,18). The quantitative estimate of drug-likeness (QED) is 0.853. The third-order valence-corrected chi connectivity index (χ3v) is 3.79. The SMILES string of the molecule is O=C(O)C1CCC(C(=O)c2cccc(Cl)c2)CC1. The Hall–Kier alpha value is -1.35. The summed E-state index contributed by atoms with van der Waals surface area (Å²) in [4.78, 5) is 23.1. The Morgan fingerprint density at radius 2 is 1.72 bits per heavy atom. The molecule has 0 unspecified atom stereocenters. The van der Waals surface area contributed by atoms with Crippen LogP contribution in [0.15, 0.2) is 24.3 Å². The molecule has 1 aromatic rings. The Bertz CT molecular complexity index is 462. The molecule has 0 amide bonds. The third kappa shape index (κ3) is 2.91. The highest BCUT2D eigenvalue weighted by Gasteiger charge is 2.30. The Balaban J connectivity index is 2.02. The highest BCUT2D eigenvalue weighted by molar-refractivity contribution is 6.31. The molecule has 0 aromatic heterocycles. The molecule has 0 aliphatic heterocycles. The van der Waals surface area contributed by atoms with Gasteiger partial charge in [-0.2, -0.15) is 0 Å². The van der Waals surface area contributed by atoms with Crippen LogP contribution in [0.2, 0.25) is 5.02 Å². The molecule has 0 radical (unpaired) electrons. The molecule has 1 fully saturated rings. The summed E-state index contributed by atoms with van der Waals surface area (Å²) in [6.07, 6.45) is 2.49. The minimum atomic E-state index is -0.747. The van der Waals surface area contributed by atoms with Crippen LogP contribution in [0.5, 0.6) is 0 Å². The zero-order valence-corrected chi connectivity index (χ0v) is 10.7. The summed E-state index contributed by atoms with van der Waals surface area (Å²) in [6, 6.07) is 6.93. The first-order valence-corrected chi connectivity index (χ1v) is 6.48. The Morgan fingerprint density at radius 3 is 2.28 bits per heavy atom. The first-order valence-electron chi connectivity index (χ1n) is 6.10. The zero-order valence-electron chi connectivity index (χ0n) is 9.93. The van der Waals surface area contributed by atoms with Crippen LogP contribution in [0, 0.1) is 11.8 Å². The van der Waals surface area contributed by atoms with E-state index in [0.717, 1.165) is 0 Å². The fourth-order valence-electron chi connectivity index (χ4n) is 2.48. The van der Waals surface area contributed by atoms with Gasteiger partial charge in [-0.1, -0.05) is 23.7 Å². The van der Waals surface area contributed by atoms with Crippen molar-refractivity contribution in [3.8, 4) is 0 Å². The molecule has 0 saturated heterocycles. The van der Waals surface area contributed by atoms with Gasteiger partial charge in [0, 0.05) is 16.5 Å². The first kappa shape index (κ1) is 13.1. The predicted octanol–water partition coefficient (Wildman–Crippen LogP) is 3.41. The predicted molar refractivity (Wildman–Crippen MR) is 68.9 cm³/mol. The van der Waals surface area contributed by atoms with Crippen LogP contribution < -0.4 is 0 Å². The van der Waals surface area contributed by atoms with Gasteiger partial charge in [0.15, 0.2) is 5.78 Å². The molecule has 2 rings (SSSR count). The molecule has 0 spiro atoms. The summed E-state index contributed by atoms with van der Waals surface area (Å²) in [5.41, 5.74) is 0.626. The van der Waals surface area contributed by atoms with Crippen molar-refractivity contribution >= 4 is 23.4 Å². The van der Waals surface area contributed by atoms with Gasteiger partial charge in [0.2, 0.25) is 0 Å². The van der Waals surface area contributed by atoms with Crippen LogP contribution in [0.1, 0.15) is 36.0 Å². The second kappa shape index (κ2) is 5.53. The third-order valence-electron chi connectivity index (χ3n) is 3.56. The summed E-state index contributed by atoms with van der Waals surface area (Å²) < 4.78 is 0. The summed E-state index contributed by atoms with van der Waals surface area (Å²) >= 11 is 5.86. The maximum Gasteiger partial charge on any atom is 0.306 e. The number of aliphatic carboxylic acids is 1. The van der Waals surface area contributed by atoms with Gasteiger partial charge in [-0.25, -0.2) is 0 Å². The molecule has 0 bridgehead atoms. The lowest BCUT2D eigenvalue weighted by molar-refractivity contribution is -0.143. The van der Waals surface area contributed by atoms with Crippen molar-refractivity contribution in [2.75, 3.05) is 0 Å². The van der Waals surface area contributed by atoms with E-state index < -0.39 is 5.97 Å². The largest absolute Gasteiger partial charge is 0.481 e. The normalized spacial score (nSPS) is 23.6. The number of carboxylic acids is 1. The molecule has 1 aliphatic rings. The van der Waals surface area contributed by atoms with Crippen molar-refractivity contribution in [2.45, 2.75) is 25.7 Å². The molecule has 4 heteroatoms. The number of carbonyl (C=O) groups is 2. The Kier molecular flexibility index (Phi) is 4.02. The van der Waals surface area contributed by atoms with E-state index in [1.54, 1.807) is 24.3 Å². The number of hydrogen-bond acceptors (Lipinski definition) is 2. The van der Waals surface area contributed by atoms with Crippen molar-refractivity contribution < 1.29 is 14.7 Å². The minimum Gasteiger partial charge on any atom is -0.481 e. The fraction of sp³-hybridized carbons (Fsp3) is 0.429. The van der Waals surface area contributed by atoms with E-state index in [2.05, 4.69) is 0 Å². The highest BCUT2D eigenvalue weighted by Crippen LogP contribution is 2.31. The van der Waals surface area contributed by atoms with Gasteiger partial charge in [-0.05, 0) is 37.8 Å². The summed E-state index contributed by atoms with van der Waals surface area (Å²) in [7, 11) is 0. The molecule has 1 aliphatic carbocycles. The number of carbonyl (C=O) groups excluding carboxylic acids is 1. The van der Waals surface area contributed by atoms with E-state index in [1.165, 1.54) is 0 Å². The zero-order chi connectivity index (χ0) is 13.1. The van der Waals surface area contributed by atoms with Gasteiger partial charge in [0.05, 0.1) is 5.92 Å². The minimum absolute atomic E-state index is 0.0564. The van der Waals surface area contributed by atoms with Crippen molar-refractivity contribution in [2.24, 2.45) is 11.8 Å². The Morgan fingerprint density at radius 1 is 1.11 bits per heavy atom. The molecule has 1 saturated carbocycles. The maximum absolute atomic E-state index is 12.2. The number of benzene rings is 1. The summed E-state index contributed by atoms with van der Waals surface area (Å²) in [5.74, 6) is -1.00. The van der Waals surface area contributed by atoms with Crippen LogP contribution in [-0.2, 0) is 4.79 Å². The van der Waals surface area contributed by atoms with Gasteiger partial charge in [0.25, 0.3) is 0 Å². The molecule has 1 N–H and O–H groups in total. The van der Waals surface area contributed by atoms with E-state index in [1.807, 2.05) is 0 Å². The average molecular weight is 267 g/mol. The Labute approximate surface area is 111 Å². The number of rotatable bonds is 3. The van der Waals surface area contributed by atoms with E-state index in [4.69, 9.17) is 16.7 Å². The second-order valence-corrected chi connectivity index (χ2v) is 5.20. The van der Waals surface area contributed by atoms with Crippen LogP contribution in [0.3, 0.4) is 0 Å². The smallest absolute Gasteiger partial charge is 0.306 e. The number of hydrogen-bond donors (Lipinski definition) is 1. The van der Waals surface area contributed by atoms with Crippen molar-refractivity contribution in [1.82, 2.24) is 0 Å². The van der Waals surface area contributed by atoms with Gasteiger partial charge < -0.3 is 5.11 Å². The number of ketones is 1. The fourth-order valence-corrected chi connectivity index (χ4v) is 2.67. The molecular formula is C14H15ClO3. The van der Waals surface area contributed by atoms with Gasteiger partial charge in [-0.15, -0.1) is 0 Å². The first-order chi connectivity index (χ1) is 8.58. The van der Waals surface area contributed by atoms with Crippen LogP contribution in [-0.4, -0.2) is 16.9 Å². The number of halogens is 1. The van der Waals surface area contributed by atoms with Crippen LogP contribution in [0.25, 0.3) is 0 Å². The van der Waals surface area contributed by atoms with E-state index >= 15 is 0 Å². The van der Waals surface area contributed by atoms with E-state index in [9.17, 15) is 9.59 Å². The number of Topliss-reactive ketones (excluding diaryl/α,β-unsaturated/α-hetero) is 1. The second-order valence-electron chi connectivity index (χ2n) is 4.76. The van der Waals surface area contributed by atoms with Gasteiger partial charge in [-0.3, -0.25) is 9.59 Å². The van der Waals surface area contributed by atoms with E-state index in [0.29, 0.717) is 36.3 Å². The topological polar surface area (TPSA) is 54.4 Å². The van der Waals surface area contributed by atoms with Gasteiger partial charge >= 0.3 is 5.97 Å². The summed E-state index contributed by atoms with van der Waals surface area (Å²) in [6.45, 7) is 0. The van der Waals surface area contributed by atoms with Crippen molar-refractivity contribution in [1.29, 1.82) is 0 Å². The van der Waals surface area contributed by atoms with E-state index in [-0.39, 0.29) is 17.6 Å². The van der Waals surface area contributed by atoms with Crippen LogP contribution in [0.4, 0.5) is 0 Å². The molecule has 3 nitrogen and oxygen atoms in total. The molecular weight excluding hydrogens is 252 g/mol. The average Bonchev–Trinajstić information content (AvgIpc) is 2.38. The molecule has 18 heavy (non-hydrogen) atoms. The monoisotopic (exact) mass is 266 g/mol. The lowest BCUT2D eigenvalue weighted by Crippen LogP contribution is -2.25. The molecule has 0 heterocycles. The van der Waals surface area contributed by atoms with Gasteiger partial charge in [0.1, 0.15) is 0 Å². The van der Waals surface area contributed by atoms with Crippen LogP contribution >= 0.6 is 11.6 Å². The van der Waals surface area contributed by atoms with Crippen molar-refractivity contribution in [3.05, 3.63) is 34.9 Å². The lowest BCUT2D eigenvalue weighted by Gasteiger charge is -2.25. The maximum atomic E-state index is 12.2. The summed E-state index contributed by atoms with van der Waals surface area (Å²) in [5, 5.41) is 9.47. The highest BCUT2D eigenvalue weighted by atomic mass is 35.5. The molecule has 0 atom stereocenters. The molecule has 96 valence electrons. The lowest BCUT2D eigenvalue weighted by atomic mass is 9.78. The number of carboxylic acid groups (broad SMARTS) is 1.